The molecule has 22 heavy (non-hydrogen) atoms. The van der Waals surface area contributed by atoms with Crippen LogP contribution in [0.1, 0.15) is 65.5 Å². The Labute approximate surface area is 136 Å². The van der Waals surface area contributed by atoms with Crippen LogP contribution in [0.4, 0.5) is 0 Å². The summed E-state index contributed by atoms with van der Waals surface area (Å²) in [4.78, 5) is 0. The molecule has 0 bridgehead atoms. The van der Waals surface area contributed by atoms with Crippen molar-refractivity contribution in [2.24, 2.45) is 5.41 Å². The third kappa shape index (κ3) is 4.82. The van der Waals surface area contributed by atoms with E-state index in [0.717, 1.165) is 5.56 Å². The highest BCUT2D eigenvalue weighted by Crippen LogP contribution is 2.37. The highest BCUT2D eigenvalue weighted by atomic mass is 32.2. The second-order valence-corrected chi connectivity index (χ2v) is 10.1. The molecule has 0 saturated carbocycles. The van der Waals surface area contributed by atoms with Gasteiger partial charge in [0.05, 0.1) is 6.26 Å². The van der Waals surface area contributed by atoms with E-state index < -0.39 is 15.6 Å². The minimum absolute atomic E-state index is 0.133. The molecule has 1 aromatic rings. The molecule has 0 aliphatic rings. The summed E-state index contributed by atoms with van der Waals surface area (Å²) in [6.45, 7) is 15.1. The summed E-state index contributed by atoms with van der Waals surface area (Å²) in [5, 5.41) is 0. The van der Waals surface area contributed by atoms with Crippen molar-refractivity contribution in [2.45, 2.75) is 66.5 Å². The zero-order chi connectivity index (χ0) is 17.3. The van der Waals surface area contributed by atoms with Gasteiger partial charge in [-0.3, -0.25) is 0 Å². The van der Waals surface area contributed by atoms with E-state index in [1.54, 1.807) is 4.31 Å². The third-order valence-corrected chi connectivity index (χ3v) is 5.76. The maximum Gasteiger partial charge on any atom is 0.211 e. The van der Waals surface area contributed by atoms with E-state index in [2.05, 4.69) is 33.8 Å². The molecule has 0 heterocycles. The summed E-state index contributed by atoms with van der Waals surface area (Å²) in [7, 11) is -3.27. The van der Waals surface area contributed by atoms with Crippen LogP contribution in [0.3, 0.4) is 0 Å². The molecular formula is C18H31NO2S. The van der Waals surface area contributed by atoms with Crippen molar-refractivity contribution in [1.82, 2.24) is 4.31 Å². The highest BCUT2D eigenvalue weighted by molar-refractivity contribution is 7.88. The van der Waals surface area contributed by atoms with Gasteiger partial charge < -0.3 is 0 Å². The average Bonchev–Trinajstić information content (AvgIpc) is 2.31. The molecule has 0 aliphatic carbocycles. The maximum absolute atomic E-state index is 12.2. The Bertz CT molecular complexity index is 607. The second-order valence-electron chi connectivity index (χ2n) is 8.23. The zero-order valence-electron chi connectivity index (χ0n) is 15.3. The Hall–Kier alpha value is -0.870. The van der Waals surface area contributed by atoms with Crippen molar-refractivity contribution in [3.63, 3.8) is 0 Å². The van der Waals surface area contributed by atoms with E-state index in [1.165, 1.54) is 11.8 Å². The van der Waals surface area contributed by atoms with Gasteiger partial charge in [-0.25, -0.2) is 8.42 Å². The Morgan fingerprint density at radius 2 is 1.55 bits per heavy atom. The first kappa shape index (κ1) is 19.2. The van der Waals surface area contributed by atoms with Gasteiger partial charge >= 0.3 is 0 Å². The van der Waals surface area contributed by atoms with Crippen LogP contribution in [-0.4, -0.2) is 24.5 Å². The highest BCUT2D eigenvalue weighted by Gasteiger charge is 2.31. The van der Waals surface area contributed by atoms with Crippen molar-refractivity contribution in [3.8, 4) is 0 Å². The molecule has 1 atom stereocenters. The maximum atomic E-state index is 12.2. The molecule has 3 nitrogen and oxygen atoms in total. The first-order valence-corrected chi connectivity index (χ1v) is 9.65. The molecule has 1 aromatic carbocycles. The Morgan fingerprint density at radius 3 is 1.95 bits per heavy atom. The van der Waals surface area contributed by atoms with Crippen LogP contribution in [-0.2, 0) is 16.6 Å². The molecule has 0 radical (unpaired) electrons. The lowest BCUT2D eigenvalue weighted by Crippen LogP contribution is -2.44. The molecule has 0 N–H and O–H groups in total. The topological polar surface area (TPSA) is 37.4 Å². The summed E-state index contributed by atoms with van der Waals surface area (Å²) in [6.07, 6.45) is 1.29. The molecule has 0 amide bonds. The molecular weight excluding hydrogens is 294 g/mol. The zero-order valence-corrected chi connectivity index (χ0v) is 16.1. The fraction of sp³-hybridized carbons (Fsp3) is 0.667. The van der Waals surface area contributed by atoms with Crippen LogP contribution in [0.5, 0.6) is 0 Å². The van der Waals surface area contributed by atoms with Crippen LogP contribution in [0, 0.1) is 5.41 Å². The normalized spacial score (nSPS) is 15.1. The van der Waals surface area contributed by atoms with E-state index in [4.69, 9.17) is 0 Å². The van der Waals surface area contributed by atoms with Crippen molar-refractivity contribution in [3.05, 3.63) is 35.4 Å². The molecule has 4 heteroatoms. The summed E-state index contributed by atoms with van der Waals surface area (Å²) >= 11 is 0. The smallest absolute Gasteiger partial charge is 0.211 e. The van der Waals surface area contributed by atoms with Crippen LogP contribution in [0.2, 0.25) is 0 Å². The number of sulfonamides is 1. The number of hydrogen-bond acceptors (Lipinski definition) is 2. The fourth-order valence-electron chi connectivity index (χ4n) is 2.57. The molecule has 1 unspecified atom stereocenters. The van der Waals surface area contributed by atoms with Gasteiger partial charge in [0.2, 0.25) is 10.0 Å². The lowest BCUT2D eigenvalue weighted by atomic mass is 9.76. The van der Waals surface area contributed by atoms with Crippen LogP contribution < -0.4 is 0 Å². The van der Waals surface area contributed by atoms with Gasteiger partial charge in [-0.1, -0.05) is 52.0 Å². The Kier molecular flexibility index (Phi) is 5.51. The van der Waals surface area contributed by atoms with Gasteiger partial charge in [0.1, 0.15) is 0 Å². The van der Waals surface area contributed by atoms with Gasteiger partial charge in [0, 0.05) is 12.1 Å². The Morgan fingerprint density at radius 1 is 1.05 bits per heavy atom. The number of rotatable bonds is 4. The fourth-order valence-corrected chi connectivity index (χ4v) is 3.94. The summed E-state index contributed by atoms with van der Waals surface area (Å²) in [6, 6.07) is 8.18. The van der Waals surface area contributed by atoms with Gasteiger partial charge in [-0.15, -0.1) is 0 Å². The van der Waals surface area contributed by atoms with Crippen molar-refractivity contribution < 1.29 is 8.42 Å². The van der Waals surface area contributed by atoms with E-state index in [-0.39, 0.29) is 5.41 Å². The lowest BCUT2D eigenvalue weighted by molar-refractivity contribution is 0.242. The number of hydrogen-bond donors (Lipinski definition) is 0. The van der Waals surface area contributed by atoms with Crippen LogP contribution >= 0.6 is 0 Å². The predicted molar refractivity (Wildman–Crippen MR) is 94.5 cm³/mol. The second kappa shape index (κ2) is 6.32. The standard InChI is InChI=1S/C18H31NO2S/c1-14(17(2,3)4)16-12-10-9-11-15(16)13-19(18(5,6)7)22(8,20)21/h9-12,14H,13H2,1-8H3. The van der Waals surface area contributed by atoms with Gasteiger partial charge in [0.25, 0.3) is 0 Å². The first-order chi connectivity index (χ1) is 9.74. The van der Waals surface area contributed by atoms with Gasteiger partial charge in [0.15, 0.2) is 0 Å². The van der Waals surface area contributed by atoms with Gasteiger partial charge in [-0.2, -0.15) is 4.31 Å². The lowest BCUT2D eigenvalue weighted by Gasteiger charge is -2.35. The SMILES string of the molecule is CC(c1ccccc1CN(C(C)(C)C)S(C)(=O)=O)C(C)(C)C. The minimum Gasteiger partial charge on any atom is -0.212 e. The van der Waals surface area contributed by atoms with E-state index in [1.807, 2.05) is 39.0 Å². The minimum atomic E-state index is -3.27. The summed E-state index contributed by atoms with van der Waals surface area (Å²) < 4.78 is 26.0. The Balaban J connectivity index is 3.29. The van der Waals surface area contributed by atoms with Crippen LogP contribution in [0.25, 0.3) is 0 Å². The van der Waals surface area contributed by atoms with Crippen LogP contribution in [0.15, 0.2) is 24.3 Å². The summed E-state index contributed by atoms with van der Waals surface area (Å²) in [5.74, 6) is 0.352. The molecule has 1 rings (SSSR count). The van der Waals surface area contributed by atoms with Crippen molar-refractivity contribution in [1.29, 1.82) is 0 Å². The molecule has 0 fully saturated rings. The molecule has 0 saturated heterocycles. The van der Waals surface area contributed by atoms with Gasteiger partial charge in [-0.05, 0) is 43.2 Å². The quantitative estimate of drug-likeness (QED) is 0.823. The summed E-state index contributed by atoms with van der Waals surface area (Å²) in [5.41, 5.74) is 2.01. The predicted octanol–water partition coefficient (Wildman–Crippen LogP) is 4.40. The molecule has 126 valence electrons. The monoisotopic (exact) mass is 325 g/mol. The molecule has 0 aromatic heterocycles. The van der Waals surface area contributed by atoms with E-state index >= 15 is 0 Å². The molecule has 0 spiro atoms. The third-order valence-electron chi connectivity index (χ3n) is 4.28. The number of benzene rings is 1. The largest absolute Gasteiger partial charge is 0.212 e. The van der Waals surface area contributed by atoms with Crippen molar-refractivity contribution >= 4 is 10.0 Å². The number of nitrogens with zero attached hydrogens (tertiary/aromatic N) is 1. The first-order valence-electron chi connectivity index (χ1n) is 7.80. The van der Waals surface area contributed by atoms with E-state index in [9.17, 15) is 8.42 Å². The van der Waals surface area contributed by atoms with Crippen molar-refractivity contribution in [2.75, 3.05) is 6.26 Å². The average molecular weight is 326 g/mol. The van der Waals surface area contributed by atoms with E-state index in [0.29, 0.717) is 12.5 Å². The molecule has 0 aliphatic heterocycles.